The van der Waals surface area contributed by atoms with Gasteiger partial charge in [-0.15, -0.1) is 0 Å². The minimum absolute atomic E-state index is 0.661. The van der Waals surface area contributed by atoms with Crippen LogP contribution < -0.4 is 4.90 Å². The monoisotopic (exact) mass is 443 g/mol. The van der Waals surface area contributed by atoms with Crippen molar-refractivity contribution in [1.82, 2.24) is 4.57 Å². The van der Waals surface area contributed by atoms with Crippen molar-refractivity contribution in [2.45, 2.75) is 26.2 Å². The second-order valence-electron chi connectivity index (χ2n) is 9.07. The van der Waals surface area contributed by atoms with E-state index in [2.05, 4.69) is 89.2 Å². The topological polar surface area (TPSA) is 32.0 Å². The first kappa shape index (κ1) is 21.8. The number of hydrogen-bond donors (Lipinski definition) is 0. The van der Waals surface area contributed by atoms with Gasteiger partial charge in [0.1, 0.15) is 0 Å². The highest BCUT2D eigenvalue weighted by Crippen LogP contribution is 2.41. The second-order valence-corrected chi connectivity index (χ2v) is 9.07. The number of para-hydroxylation sites is 1. The summed E-state index contributed by atoms with van der Waals surface area (Å²) < 4.78 is 2.38. The molecule has 0 atom stereocenters. The van der Waals surface area contributed by atoms with Crippen molar-refractivity contribution in [2.24, 2.45) is 0 Å². The van der Waals surface area contributed by atoms with E-state index in [9.17, 15) is 5.26 Å². The number of unbranched alkanes of at least 4 members (excludes halogenated alkanes) is 1. The van der Waals surface area contributed by atoms with Crippen molar-refractivity contribution in [3.05, 3.63) is 96.1 Å². The number of nitriles is 1. The lowest BCUT2D eigenvalue weighted by Crippen LogP contribution is -2.14. The van der Waals surface area contributed by atoms with Crippen LogP contribution >= 0.6 is 0 Å². The Balaban J connectivity index is 1.91. The fourth-order valence-corrected chi connectivity index (χ4v) is 4.89. The third kappa shape index (κ3) is 3.72. The summed E-state index contributed by atoms with van der Waals surface area (Å²) in [5.74, 6) is 0. The number of fused-ring (bicyclic) bond motifs is 3. The van der Waals surface area contributed by atoms with E-state index in [4.69, 9.17) is 0 Å². The van der Waals surface area contributed by atoms with Crippen molar-refractivity contribution in [3.63, 3.8) is 0 Å². The summed E-state index contributed by atoms with van der Waals surface area (Å²) >= 11 is 0. The Bertz CT molecular complexity index is 1520. The van der Waals surface area contributed by atoms with Gasteiger partial charge in [0.05, 0.1) is 34.0 Å². The zero-order valence-electron chi connectivity index (χ0n) is 20.0. The van der Waals surface area contributed by atoms with Gasteiger partial charge in [0, 0.05) is 30.4 Å². The first-order valence-corrected chi connectivity index (χ1v) is 12.0. The van der Waals surface area contributed by atoms with Gasteiger partial charge in [0.25, 0.3) is 0 Å². The summed E-state index contributed by atoms with van der Waals surface area (Å²) in [4.78, 5) is 2.11. The Morgan fingerprint density at radius 2 is 1.56 bits per heavy atom. The molecule has 0 saturated carbocycles. The van der Waals surface area contributed by atoms with Crippen molar-refractivity contribution in [2.75, 3.05) is 19.0 Å². The average Bonchev–Trinajstić information content (AvgIpc) is 3.20. The summed E-state index contributed by atoms with van der Waals surface area (Å²) in [5, 5.41) is 12.3. The fraction of sp³-hybridized carbons (Fsp3) is 0.194. The molecule has 1 heterocycles. The lowest BCUT2D eigenvalue weighted by Gasteiger charge is -2.23. The third-order valence-corrected chi connectivity index (χ3v) is 6.57. The van der Waals surface area contributed by atoms with Crippen LogP contribution in [0.4, 0.5) is 5.69 Å². The molecule has 0 fully saturated rings. The van der Waals surface area contributed by atoms with Gasteiger partial charge in [0.2, 0.25) is 0 Å². The smallest absolute Gasteiger partial charge is 0.0992 e. The summed E-state index contributed by atoms with van der Waals surface area (Å²) in [6.45, 7) is 2.24. The summed E-state index contributed by atoms with van der Waals surface area (Å²) in [6, 6.07) is 32.3. The molecule has 4 aromatic carbocycles. The highest BCUT2D eigenvalue weighted by Gasteiger charge is 2.21. The van der Waals surface area contributed by atoms with Crippen molar-refractivity contribution >= 4 is 27.5 Å². The van der Waals surface area contributed by atoms with E-state index in [1.54, 1.807) is 0 Å². The van der Waals surface area contributed by atoms with Crippen LogP contribution in [0.2, 0.25) is 0 Å². The van der Waals surface area contributed by atoms with Crippen LogP contribution in [0.3, 0.4) is 0 Å². The molecule has 0 amide bonds. The van der Waals surface area contributed by atoms with Gasteiger partial charge in [-0.25, -0.2) is 0 Å². The van der Waals surface area contributed by atoms with Crippen LogP contribution in [0.15, 0.2) is 84.9 Å². The Morgan fingerprint density at radius 3 is 2.29 bits per heavy atom. The first-order chi connectivity index (χ1) is 16.6. The van der Waals surface area contributed by atoms with Crippen LogP contribution in [0, 0.1) is 11.3 Å². The normalized spacial score (nSPS) is 11.1. The predicted molar refractivity (Wildman–Crippen MR) is 144 cm³/mol. The van der Waals surface area contributed by atoms with Gasteiger partial charge in [-0.2, -0.15) is 5.26 Å². The summed E-state index contributed by atoms with van der Waals surface area (Å²) in [6.07, 6.45) is 3.49. The Hall–Kier alpha value is -4.03. The molecule has 0 N–H and O–H groups in total. The molecule has 168 valence electrons. The van der Waals surface area contributed by atoms with Crippen LogP contribution in [0.5, 0.6) is 0 Å². The Morgan fingerprint density at radius 1 is 0.824 bits per heavy atom. The zero-order chi connectivity index (χ0) is 23.7. The maximum Gasteiger partial charge on any atom is 0.0992 e. The van der Waals surface area contributed by atoms with Crippen LogP contribution in [0.25, 0.3) is 38.6 Å². The number of rotatable bonds is 6. The van der Waals surface area contributed by atoms with Crippen LogP contribution in [-0.2, 0) is 6.42 Å². The first-order valence-electron chi connectivity index (χ1n) is 12.0. The molecule has 5 rings (SSSR count). The Labute approximate surface area is 201 Å². The molecule has 0 saturated heterocycles. The van der Waals surface area contributed by atoms with E-state index in [1.807, 2.05) is 32.3 Å². The quantitative estimate of drug-likeness (QED) is 0.269. The van der Waals surface area contributed by atoms with E-state index < -0.39 is 0 Å². The van der Waals surface area contributed by atoms with E-state index >= 15 is 0 Å². The van der Waals surface area contributed by atoms with E-state index in [1.165, 1.54) is 40.2 Å². The minimum atomic E-state index is 0.661. The Kier molecular flexibility index (Phi) is 5.82. The van der Waals surface area contributed by atoms with Crippen molar-refractivity contribution < 1.29 is 0 Å². The lowest BCUT2D eigenvalue weighted by atomic mass is 9.98. The molecule has 1 aromatic heterocycles. The number of aryl methyl sites for hydroxylation is 1. The molecular formula is C31H29N3. The number of aromatic nitrogens is 1. The van der Waals surface area contributed by atoms with E-state index in [0.717, 1.165) is 28.9 Å². The van der Waals surface area contributed by atoms with Gasteiger partial charge >= 0.3 is 0 Å². The van der Waals surface area contributed by atoms with Gasteiger partial charge in [-0.05, 0) is 54.3 Å². The molecule has 0 radical (unpaired) electrons. The van der Waals surface area contributed by atoms with Gasteiger partial charge in [0.15, 0.2) is 0 Å². The molecule has 3 nitrogen and oxygen atoms in total. The molecule has 0 bridgehead atoms. The van der Waals surface area contributed by atoms with Gasteiger partial charge in [-0.1, -0.05) is 67.9 Å². The lowest BCUT2D eigenvalue weighted by molar-refractivity contribution is 0.796. The molecule has 3 heteroatoms. The maximum absolute atomic E-state index is 9.81. The molecule has 0 aliphatic heterocycles. The minimum Gasteiger partial charge on any atom is -0.376 e. The SMILES string of the molecule is CCCCc1ccc2c(c1)c1ccccc1n2-c1c(-c2ccccc2)cc(C#N)cc1N(C)C. The number of nitrogens with zero attached hydrogens (tertiary/aromatic N) is 3. The van der Waals surface area contributed by atoms with Crippen LogP contribution in [0.1, 0.15) is 30.9 Å². The zero-order valence-corrected chi connectivity index (χ0v) is 20.0. The molecule has 5 aromatic rings. The summed E-state index contributed by atoms with van der Waals surface area (Å²) in [7, 11) is 4.09. The average molecular weight is 444 g/mol. The molecule has 0 aliphatic carbocycles. The highest BCUT2D eigenvalue weighted by molar-refractivity contribution is 6.10. The maximum atomic E-state index is 9.81. The third-order valence-electron chi connectivity index (χ3n) is 6.57. The molecule has 0 unspecified atom stereocenters. The van der Waals surface area contributed by atoms with E-state index in [-0.39, 0.29) is 0 Å². The van der Waals surface area contributed by atoms with E-state index in [0.29, 0.717) is 5.56 Å². The molecule has 0 spiro atoms. The second kappa shape index (κ2) is 9.08. The number of anilines is 1. The molecular weight excluding hydrogens is 414 g/mol. The molecule has 34 heavy (non-hydrogen) atoms. The number of benzene rings is 4. The van der Waals surface area contributed by atoms with Crippen molar-refractivity contribution in [1.29, 1.82) is 5.26 Å². The fourth-order valence-electron chi connectivity index (χ4n) is 4.89. The van der Waals surface area contributed by atoms with Gasteiger partial charge in [-0.3, -0.25) is 0 Å². The largest absolute Gasteiger partial charge is 0.376 e. The predicted octanol–water partition coefficient (Wildman–Crippen LogP) is 7.73. The van der Waals surface area contributed by atoms with Crippen molar-refractivity contribution in [3.8, 4) is 22.9 Å². The van der Waals surface area contributed by atoms with Crippen LogP contribution in [-0.4, -0.2) is 18.7 Å². The standard InChI is InChI=1S/C31H29N3/c1-4-5-11-22-16-17-29-27(18-22)25-14-9-10-15-28(25)34(29)31-26(24-12-7-6-8-13-24)19-23(21-32)20-30(31)33(2)3/h6-10,12-20H,4-5,11H2,1-3H3. The molecule has 0 aliphatic rings. The summed E-state index contributed by atoms with van der Waals surface area (Å²) in [5.41, 5.74) is 8.69. The highest BCUT2D eigenvalue weighted by atomic mass is 15.1. The number of hydrogen-bond acceptors (Lipinski definition) is 2. The van der Waals surface area contributed by atoms with Gasteiger partial charge < -0.3 is 9.47 Å².